The second kappa shape index (κ2) is 7.96. The number of aryl methyl sites for hydroxylation is 1. The number of nitrogens with one attached hydrogen (secondary N) is 1. The van der Waals surface area contributed by atoms with Gasteiger partial charge in [0.1, 0.15) is 4.90 Å². The molecule has 0 aliphatic carbocycles. The minimum absolute atomic E-state index is 0.0498. The third-order valence-electron chi connectivity index (χ3n) is 3.56. The maximum Gasteiger partial charge on any atom is 0.244 e. The highest BCUT2D eigenvalue weighted by Gasteiger charge is 2.25. The van der Waals surface area contributed by atoms with E-state index in [4.69, 9.17) is 0 Å². The van der Waals surface area contributed by atoms with Gasteiger partial charge in [0.2, 0.25) is 10.0 Å². The summed E-state index contributed by atoms with van der Waals surface area (Å²) in [5.41, 5.74) is 1.03. The molecule has 1 rings (SSSR count). The van der Waals surface area contributed by atoms with E-state index in [1.807, 2.05) is 18.4 Å². The summed E-state index contributed by atoms with van der Waals surface area (Å²) in [6.07, 6.45) is 3.81. The Morgan fingerprint density at radius 3 is 2.48 bits per heavy atom. The van der Waals surface area contributed by atoms with Crippen LogP contribution in [0.4, 0.5) is 0 Å². The smallest absolute Gasteiger partial charge is 0.244 e. The average molecular weight is 315 g/mol. The van der Waals surface area contributed by atoms with Crippen LogP contribution in [-0.4, -0.2) is 36.9 Å². The Bertz CT molecular complexity index is 535. The first-order valence-corrected chi connectivity index (χ1v) is 9.16. The van der Waals surface area contributed by atoms with Crippen LogP contribution in [-0.2, 0) is 23.1 Å². The number of aromatic nitrogens is 1. The quantitative estimate of drug-likeness (QED) is 0.712. The standard InChI is InChI=1S/C15H29N3O2S/c1-6-8-16-11-14-10-15(12-18(14)9-7-2)21(19,20)17(5)13(3)4/h10,12-13,16H,6-9,11H2,1-5H3. The predicted octanol–water partition coefficient (Wildman–Crippen LogP) is 2.43. The van der Waals surface area contributed by atoms with Crippen molar-refractivity contribution in [3.8, 4) is 0 Å². The van der Waals surface area contributed by atoms with Gasteiger partial charge in [-0.2, -0.15) is 4.31 Å². The molecule has 1 heterocycles. The molecular formula is C15H29N3O2S. The number of nitrogens with zero attached hydrogens (tertiary/aromatic N) is 2. The maximum atomic E-state index is 12.6. The lowest BCUT2D eigenvalue weighted by Crippen LogP contribution is -2.32. The fourth-order valence-corrected chi connectivity index (χ4v) is 3.53. The Balaban J connectivity index is 3.06. The molecule has 1 aromatic heterocycles. The van der Waals surface area contributed by atoms with Crippen LogP contribution in [0, 0.1) is 0 Å². The van der Waals surface area contributed by atoms with Crippen LogP contribution in [0.5, 0.6) is 0 Å². The van der Waals surface area contributed by atoms with Gasteiger partial charge in [0.15, 0.2) is 0 Å². The molecule has 1 aromatic rings. The highest BCUT2D eigenvalue weighted by molar-refractivity contribution is 7.89. The molecular weight excluding hydrogens is 286 g/mol. The zero-order valence-electron chi connectivity index (χ0n) is 13.9. The third-order valence-corrected chi connectivity index (χ3v) is 5.56. The van der Waals surface area contributed by atoms with Gasteiger partial charge in [0, 0.05) is 38.1 Å². The Morgan fingerprint density at radius 1 is 1.29 bits per heavy atom. The topological polar surface area (TPSA) is 54.3 Å². The summed E-state index contributed by atoms with van der Waals surface area (Å²) in [4.78, 5) is 0.389. The molecule has 0 unspecified atom stereocenters. The number of rotatable bonds is 9. The van der Waals surface area contributed by atoms with E-state index in [0.717, 1.165) is 31.6 Å². The third kappa shape index (κ3) is 4.56. The lowest BCUT2D eigenvalue weighted by molar-refractivity contribution is 0.410. The van der Waals surface area contributed by atoms with E-state index >= 15 is 0 Å². The molecule has 0 aliphatic rings. The molecule has 0 saturated heterocycles. The molecule has 0 amide bonds. The summed E-state index contributed by atoms with van der Waals surface area (Å²) in [7, 11) is -1.77. The van der Waals surface area contributed by atoms with Gasteiger partial charge >= 0.3 is 0 Å². The largest absolute Gasteiger partial charge is 0.349 e. The molecule has 0 atom stereocenters. The second-order valence-electron chi connectivity index (χ2n) is 5.65. The summed E-state index contributed by atoms with van der Waals surface area (Å²) in [5.74, 6) is 0. The Kier molecular flexibility index (Phi) is 6.90. The summed E-state index contributed by atoms with van der Waals surface area (Å²) in [5, 5.41) is 3.34. The summed E-state index contributed by atoms with van der Waals surface area (Å²) < 4.78 is 28.6. The normalized spacial score (nSPS) is 12.5. The van der Waals surface area contributed by atoms with Gasteiger partial charge in [-0.25, -0.2) is 8.42 Å². The van der Waals surface area contributed by atoms with Crippen molar-refractivity contribution in [3.05, 3.63) is 18.0 Å². The van der Waals surface area contributed by atoms with Crippen molar-refractivity contribution in [2.24, 2.45) is 0 Å². The van der Waals surface area contributed by atoms with E-state index in [1.165, 1.54) is 4.31 Å². The first-order chi connectivity index (χ1) is 9.84. The summed E-state index contributed by atoms with van der Waals surface area (Å²) in [6.45, 7) is 10.4. The number of sulfonamides is 1. The van der Waals surface area contributed by atoms with Crippen LogP contribution in [0.15, 0.2) is 17.2 Å². The van der Waals surface area contributed by atoms with Gasteiger partial charge in [-0.15, -0.1) is 0 Å². The van der Waals surface area contributed by atoms with E-state index in [9.17, 15) is 8.42 Å². The van der Waals surface area contributed by atoms with Crippen molar-refractivity contribution in [1.82, 2.24) is 14.2 Å². The lowest BCUT2D eigenvalue weighted by atomic mass is 10.4. The van der Waals surface area contributed by atoms with E-state index in [2.05, 4.69) is 19.2 Å². The Hall–Kier alpha value is -0.850. The molecule has 1 N–H and O–H groups in total. The van der Waals surface area contributed by atoms with E-state index in [1.54, 1.807) is 19.3 Å². The highest BCUT2D eigenvalue weighted by atomic mass is 32.2. The fourth-order valence-electron chi connectivity index (χ4n) is 2.10. The van der Waals surface area contributed by atoms with E-state index in [0.29, 0.717) is 11.4 Å². The van der Waals surface area contributed by atoms with Crippen molar-refractivity contribution in [2.75, 3.05) is 13.6 Å². The first-order valence-electron chi connectivity index (χ1n) is 7.72. The number of hydrogen-bond donors (Lipinski definition) is 1. The van der Waals surface area contributed by atoms with Gasteiger partial charge in [0.05, 0.1) is 0 Å². The maximum absolute atomic E-state index is 12.6. The monoisotopic (exact) mass is 315 g/mol. The summed E-state index contributed by atoms with van der Waals surface area (Å²) in [6, 6.07) is 1.75. The molecule has 21 heavy (non-hydrogen) atoms. The van der Waals surface area contributed by atoms with Crippen LogP contribution < -0.4 is 5.32 Å². The van der Waals surface area contributed by atoms with Crippen LogP contribution >= 0.6 is 0 Å². The van der Waals surface area contributed by atoms with E-state index in [-0.39, 0.29) is 6.04 Å². The van der Waals surface area contributed by atoms with Gasteiger partial charge < -0.3 is 9.88 Å². The Morgan fingerprint density at radius 2 is 1.95 bits per heavy atom. The van der Waals surface area contributed by atoms with Crippen molar-refractivity contribution in [1.29, 1.82) is 0 Å². The van der Waals surface area contributed by atoms with Crippen molar-refractivity contribution in [3.63, 3.8) is 0 Å². The molecule has 122 valence electrons. The molecule has 6 heteroatoms. The lowest BCUT2D eigenvalue weighted by Gasteiger charge is -2.19. The van der Waals surface area contributed by atoms with E-state index < -0.39 is 10.0 Å². The molecule has 5 nitrogen and oxygen atoms in total. The predicted molar refractivity (Wildman–Crippen MR) is 86.8 cm³/mol. The minimum Gasteiger partial charge on any atom is -0.349 e. The van der Waals surface area contributed by atoms with Crippen LogP contribution in [0.3, 0.4) is 0 Å². The SMILES string of the molecule is CCCNCc1cc(S(=O)(=O)N(C)C(C)C)cn1CCC. The van der Waals surface area contributed by atoms with Gasteiger partial charge in [-0.05, 0) is 39.3 Å². The van der Waals surface area contributed by atoms with Crippen molar-refractivity contribution in [2.45, 2.75) is 64.6 Å². The molecule has 0 spiro atoms. The second-order valence-corrected chi connectivity index (χ2v) is 7.65. The van der Waals surface area contributed by atoms with Gasteiger partial charge in [-0.3, -0.25) is 0 Å². The minimum atomic E-state index is -3.40. The fraction of sp³-hybridized carbons (Fsp3) is 0.733. The van der Waals surface area contributed by atoms with Crippen LogP contribution in [0.2, 0.25) is 0 Å². The molecule has 0 fully saturated rings. The Labute approximate surface area is 129 Å². The molecule has 0 bridgehead atoms. The van der Waals surface area contributed by atoms with Gasteiger partial charge in [-0.1, -0.05) is 13.8 Å². The molecule has 0 saturated carbocycles. The zero-order valence-corrected chi connectivity index (χ0v) is 14.7. The highest BCUT2D eigenvalue weighted by Crippen LogP contribution is 2.20. The molecule has 0 radical (unpaired) electrons. The number of hydrogen-bond acceptors (Lipinski definition) is 3. The molecule has 0 aliphatic heterocycles. The zero-order chi connectivity index (χ0) is 16.0. The van der Waals surface area contributed by atoms with Crippen LogP contribution in [0.25, 0.3) is 0 Å². The van der Waals surface area contributed by atoms with Crippen molar-refractivity contribution < 1.29 is 8.42 Å². The average Bonchev–Trinajstić information content (AvgIpc) is 2.82. The first kappa shape index (κ1) is 18.2. The molecule has 0 aromatic carbocycles. The van der Waals surface area contributed by atoms with Crippen molar-refractivity contribution >= 4 is 10.0 Å². The summed E-state index contributed by atoms with van der Waals surface area (Å²) >= 11 is 0. The van der Waals surface area contributed by atoms with Crippen LogP contribution in [0.1, 0.15) is 46.2 Å². The van der Waals surface area contributed by atoms with Gasteiger partial charge in [0.25, 0.3) is 0 Å².